The Morgan fingerprint density at radius 2 is 1.89 bits per heavy atom. The zero-order valence-electron chi connectivity index (χ0n) is 10.3. The first-order valence-corrected chi connectivity index (χ1v) is 6.21. The van der Waals surface area contributed by atoms with Gasteiger partial charge >= 0.3 is 5.97 Å². The number of hydrogen-bond acceptors (Lipinski definition) is 2. The van der Waals surface area contributed by atoms with Crippen molar-refractivity contribution in [3.63, 3.8) is 0 Å². The van der Waals surface area contributed by atoms with Crippen LogP contribution in [-0.2, 0) is 4.79 Å². The molecule has 0 saturated heterocycles. The Labute approximate surface area is 106 Å². The van der Waals surface area contributed by atoms with E-state index in [-0.39, 0.29) is 5.91 Å². The van der Waals surface area contributed by atoms with Crippen molar-refractivity contribution in [3.05, 3.63) is 35.4 Å². The van der Waals surface area contributed by atoms with Gasteiger partial charge in [0.2, 0.25) is 0 Å². The van der Waals surface area contributed by atoms with E-state index in [1.165, 1.54) is 31.7 Å². The van der Waals surface area contributed by atoms with Crippen LogP contribution in [0.25, 0.3) is 0 Å². The van der Waals surface area contributed by atoms with E-state index in [1.807, 2.05) is 12.1 Å². The Morgan fingerprint density at radius 1 is 1.28 bits per heavy atom. The third kappa shape index (κ3) is 2.70. The van der Waals surface area contributed by atoms with Gasteiger partial charge in [-0.2, -0.15) is 0 Å². The number of rotatable bonds is 4. The number of amides is 1. The van der Waals surface area contributed by atoms with E-state index >= 15 is 0 Å². The third-order valence-corrected chi connectivity index (χ3v) is 3.47. The van der Waals surface area contributed by atoms with Crippen molar-refractivity contribution >= 4 is 11.9 Å². The van der Waals surface area contributed by atoms with Gasteiger partial charge in [0, 0.05) is 5.56 Å². The number of aliphatic carboxylic acids is 1. The molecule has 1 aromatic rings. The molecule has 18 heavy (non-hydrogen) atoms. The van der Waals surface area contributed by atoms with Crippen molar-refractivity contribution in [2.75, 3.05) is 0 Å². The number of nitrogens with one attached hydrogen (secondary N) is 1. The lowest BCUT2D eigenvalue weighted by Crippen LogP contribution is -2.38. The summed E-state index contributed by atoms with van der Waals surface area (Å²) in [5.41, 5.74) is 1.77. The second kappa shape index (κ2) is 5.21. The van der Waals surface area contributed by atoms with Gasteiger partial charge in [0.05, 0.1) is 0 Å². The molecule has 2 N–H and O–H groups in total. The Morgan fingerprint density at radius 3 is 2.33 bits per heavy atom. The monoisotopic (exact) mass is 247 g/mol. The van der Waals surface area contributed by atoms with Gasteiger partial charge in [0.25, 0.3) is 5.91 Å². The zero-order valence-corrected chi connectivity index (χ0v) is 10.3. The second-order valence-electron chi connectivity index (χ2n) is 4.78. The fraction of sp³-hybridized carbons (Fsp3) is 0.429. The van der Waals surface area contributed by atoms with Gasteiger partial charge in [-0.25, -0.2) is 0 Å². The predicted molar refractivity (Wildman–Crippen MR) is 67.6 cm³/mol. The first kappa shape index (κ1) is 12.6. The Bertz CT molecular complexity index is 449. The van der Waals surface area contributed by atoms with Crippen LogP contribution in [0.2, 0.25) is 0 Å². The van der Waals surface area contributed by atoms with Gasteiger partial charge in [0.1, 0.15) is 6.04 Å². The van der Waals surface area contributed by atoms with E-state index < -0.39 is 12.0 Å². The number of benzene rings is 1. The largest absolute Gasteiger partial charge is 0.480 e. The van der Waals surface area contributed by atoms with Gasteiger partial charge in [-0.05, 0) is 43.4 Å². The summed E-state index contributed by atoms with van der Waals surface area (Å²) < 4.78 is 0. The summed E-state index contributed by atoms with van der Waals surface area (Å²) in [6.07, 6.45) is 3.73. The molecule has 1 saturated carbocycles. The van der Waals surface area contributed by atoms with Crippen molar-refractivity contribution in [3.8, 4) is 0 Å². The van der Waals surface area contributed by atoms with Crippen molar-refractivity contribution in [2.24, 2.45) is 0 Å². The van der Waals surface area contributed by atoms with Crippen LogP contribution in [0.15, 0.2) is 24.3 Å². The molecule has 4 heteroatoms. The maximum absolute atomic E-state index is 11.7. The third-order valence-electron chi connectivity index (χ3n) is 3.47. The highest BCUT2D eigenvalue weighted by Gasteiger charge is 2.20. The fourth-order valence-corrected chi connectivity index (χ4v) is 1.99. The molecule has 1 fully saturated rings. The van der Waals surface area contributed by atoms with Crippen molar-refractivity contribution < 1.29 is 14.7 Å². The molecule has 2 rings (SSSR count). The zero-order chi connectivity index (χ0) is 13.1. The number of carboxylic acid groups (broad SMARTS) is 1. The normalized spacial score (nSPS) is 16.7. The lowest BCUT2D eigenvalue weighted by Gasteiger charge is -2.25. The van der Waals surface area contributed by atoms with E-state index in [9.17, 15) is 9.59 Å². The smallest absolute Gasteiger partial charge is 0.325 e. The number of carboxylic acids is 1. The van der Waals surface area contributed by atoms with Crippen LogP contribution in [-0.4, -0.2) is 23.0 Å². The summed E-state index contributed by atoms with van der Waals surface area (Å²) >= 11 is 0. The standard InChI is InChI=1S/C14H17NO3/c1-9(14(17)18)15-13(16)12-7-5-11(6-8-12)10-3-2-4-10/h5-10H,2-4H2,1H3,(H,15,16)(H,17,18)/t9-/m1/s1. The molecule has 0 bridgehead atoms. The van der Waals surface area contributed by atoms with Gasteiger partial charge < -0.3 is 10.4 Å². The summed E-state index contributed by atoms with van der Waals surface area (Å²) in [7, 11) is 0. The molecule has 0 aromatic heterocycles. The van der Waals surface area contributed by atoms with Crippen LogP contribution in [0.3, 0.4) is 0 Å². The Kier molecular flexibility index (Phi) is 3.65. The van der Waals surface area contributed by atoms with Crippen molar-refractivity contribution in [1.29, 1.82) is 0 Å². The van der Waals surface area contributed by atoms with Gasteiger partial charge in [-0.1, -0.05) is 18.6 Å². The van der Waals surface area contributed by atoms with E-state index in [2.05, 4.69) is 5.32 Å². The second-order valence-corrected chi connectivity index (χ2v) is 4.78. The molecule has 0 radical (unpaired) electrons. The van der Waals surface area contributed by atoms with Crippen LogP contribution >= 0.6 is 0 Å². The van der Waals surface area contributed by atoms with Crippen molar-refractivity contribution in [2.45, 2.75) is 38.1 Å². The minimum atomic E-state index is -1.03. The average Bonchev–Trinajstić information content (AvgIpc) is 2.27. The summed E-state index contributed by atoms with van der Waals surface area (Å²) in [5.74, 6) is -0.737. The van der Waals surface area contributed by atoms with Crippen LogP contribution in [0.4, 0.5) is 0 Å². The first-order valence-electron chi connectivity index (χ1n) is 6.21. The number of hydrogen-bond donors (Lipinski definition) is 2. The predicted octanol–water partition coefficient (Wildman–Crippen LogP) is 2.16. The molecule has 1 aliphatic rings. The van der Waals surface area contributed by atoms with E-state index in [0.717, 1.165) is 0 Å². The number of carbonyl (C=O) groups is 2. The van der Waals surface area contributed by atoms with Crippen LogP contribution in [0.1, 0.15) is 48.0 Å². The maximum Gasteiger partial charge on any atom is 0.325 e. The Hall–Kier alpha value is -1.84. The highest BCUT2D eigenvalue weighted by Crippen LogP contribution is 2.36. The molecule has 0 unspecified atom stereocenters. The molecule has 1 atom stereocenters. The summed E-state index contributed by atoms with van der Waals surface area (Å²) in [4.78, 5) is 22.4. The van der Waals surface area contributed by atoms with Gasteiger partial charge in [-0.15, -0.1) is 0 Å². The lowest BCUT2D eigenvalue weighted by atomic mass is 9.80. The summed E-state index contributed by atoms with van der Waals surface area (Å²) in [6.45, 7) is 1.45. The lowest BCUT2D eigenvalue weighted by molar-refractivity contribution is -0.138. The Balaban J connectivity index is 2.00. The molecule has 1 aromatic carbocycles. The number of carbonyl (C=O) groups excluding carboxylic acids is 1. The van der Waals surface area contributed by atoms with Gasteiger partial charge in [-0.3, -0.25) is 9.59 Å². The maximum atomic E-state index is 11.7. The molecule has 1 amide bonds. The van der Waals surface area contributed by atoms with E-state index in [0.29, 0.717) is 11.5 Å². The average molecular weight is 247 g/mol. The van der Waals surface area contributed by atoms with E-state index in [1.54, 1.807) is 12.1 Å². The quantitative estimate of drug-likeness (QED) is 0.856. The van der Waals surface area contributed by atoms with Crippen LogP contribution < -0.4 is 5.32 Å². The molecule has 96 valence electrons. The minimum absolute atomic E-state index is 0.343. The molecular formula is C14H17NO3. The van der Waals surface area contributed by atoms with Gasteiger partial charge in [0.15, 0.2) is 0 Å². The summed E-state index contributed by atoms with van der Waals surface area (Å²) in [6, 6.07) is 6.58. The molecular weight excluding hydrogens is 230 g/mol. The molecule has 0 aliphatic heterocycles. The first-order chi connectivity index (χ1) is 8.58. The minimum Gasteiger partial charge on any atom is -0.480 e. The highest BCUT2D eigenvalue weighted by atomic mass is 16.4. The molecule has 0 spiro atoms. The topological polar surface area (TPSA) is 66.4 Å². The summed E-state index contributed by atoms with van der Waals surface area (Å²) in [5, 5.41) is 11.2. The van der Waals surface area contributed by atoms with E-state index in [4.69, 9.17) is 5.11 Å². The van der Waals surface area contributed by atoms with Crippen molar-refractivity contribution in [1.82, 2.24) is 5.32 Å². The van der Waals surface area contributed by atoms with Crippen LogP contribution in [0.5, 0.6) is 0 Å². The van der Waals surface area contributed by atoms with Crippen LogP contribution in [0, 0.1) is 0 Å². The molecule has 1 aliphatic carbocycles. The fourth-order valence-electron chi connectivity index (χ4n) is 1.99. The molecule has 0 heterocycles. The molecule has 4 nitrogen and oxygen atoms in total. The highest BCUT2D eigenvalue weighted by molar-refractivity contribution is 5.96. The SMILES string of the molecule is C[C@@H](NC(=O)c1ccc(C2CCC2)cc1)C(=O)O.